The van der Waals surface area contributed by atoms with E-state index in [4.69, 9.17) is 15.3 Å². The van der Waals surface area contributed by atoms with Crippen molar-refractivity contribution >= 4 is 5.91 Å². The Morgan fingerprint density at radius 1 is 1.53 bits per heavy atom. The highest BCUT2D eigenvalue weighted by Gasteiger charge is 2.07. The van der Waals surface area contributed by atoms with Crippen LogP contribution < -0.4 is 16.0 Å². The van der Waals surface area contributed by atoms with Gasteiger partial charge in [0.15, 0.2) is 11.5 Å². The first-order valence-electron chi connectivity index (χ1n) is 5.21. The van der Waals surface area contributed by atoms with Crippen molar-refractivity contribution in [1.29, 1.82) is 0 Å². The molecule has 0 aliphatic heterocycles. The van der Waals surface area contributed by atoms with E-state index in [0.29, 0.717) is 17.9 Å². The number of nitrogens with two attached hydrogens (primary N) is 1. The minimum absolute atomic E-state index is 0.0597. The average molecular weight is 240 g/mol. The van der Waals surface area contributed by atoms with E-state index in [1.54, 1.807) is 18.2 Å². The highest BCUT2D eigenvalue weighted by molar-refractivity contribution is 5.74. The van der Waals surface area contributed by atoms with Crippen LogP contribution in [0.1, 0.15) is 12.5 Å². The van der Waals surface area contributed by atoms with Crippen LogP contribution in [0, 0.1) is 0 Å². The molecule has 1 aromatic rings. The molecule has 0 bridgehead atoms. The summed E-state index contributed by atoms with van der Waals surface area (Å²) in [6.07, 6.45) is 0. The van der Waals surface area contributed by atoms with Crippen molar-refractivity contribution in [3.05, 3.63) is 23.8 Å². The second-order valence-electron chi connectivity index (χ2n) is 3.27. The lowest BCUT2D eigenvalue weighted by molar-refractivity contribution is -0.125. The van der Waals surface area contributed by atoms with Crippen LogP contribution in [-0.4, -0.2) is 24.2 Å². The SMILES string of the molecule is CCOc1cccc(CNOCC(N)=O)c1O. The van der Waals surface area contributed by atoms with Crippen LogP contribution in [-0.2, 0) is 16.2 Å². The van der Waals surface area contributed by atoms with Crippen molar-refractivity contribution < 1.29 is 19.5 Å². The number of ether oxygens (including phenoxy) is 1. The standard InChI is InChI=1S/C11H16N2O4/c1-2-16-9-5-3-4-8(11(9)15)6-13-17-7-10(12)14/h3-5,13,15H,2,6-7H2,1H3,(H2,12,14). The maximum atomic E-state index is 10.4. The number of carbonyl (C=O) groups is 1. The molecule has 4 N–H and O–H groups in total. The Morgan fingerprint density at radius 3 is 2.94 bits per heavy atom. The molecule has 1 rings (SSSR count). The Morgan fingerprint density at radius 2 is 2.29 bits per heavy atom. The fourth-order valence-corrected chi connectivity index (χ4v) is 1.23. The van der Waals surface area contributed by atoms with Crippen LogP contribution in [0.2, 0.25) is 0 Å². The summed E-state index contributed by atoms with van der Waals surface area (Å²) in [5.74, 6) is -0.0870. The number of hydrogen-bond acceptors (Lipinski definition) is 5. The van der Waals surface area contributed by atoms with E-state index in [2.05, 4.69) is 5.48 Å². The molecule has 0 unspecified atom stereocenters. The number of para-hydroxylation sites is 1. The number of nitrogens with one attached hydrogen (secondary N) is 1. The van der Waals surface area contributed by atoms with Crippen molar-refractivity contribution in [2.24, 2.45) is 5.73 Å². The summed E-state index contributed by atoms with van der Waals surface area (Å²) in [6.45, 7) is 2.34. The van der Waals surface area contributed by atoms with Crippen LogP contribution in [0.15, 0.2) is 18.2 Å². The molecule has 0 saturated heterocycles. The fraction of sp³-hybridized carbons (Fsp3) is 0.364. The quantitative estimate of drug-likeness (QED) is 0.470. The monoisotopic (exact) mass is 240 g/mol. The lowest BCUT2D eigenvalue weighted by Crippen LogP contribution is -2.24. The predicted octanol–water partition coefficient (Wildman–Crippen LogP) is 0.297. The molecule has 0 aliphatic rings. The number of phenolic OH excluding ortho intramolecular Hbond substituents is 1. The zero-order valence-corrected chi connectivity index (χ0v) is 9.60. The van der Waals surface area contributed by atoms with E-state index in [0.717, 1.165) is 0 Å². The first kappa shape index (κ1) is 13.3. The fourth-order valence-electron chi connectivity index (χ4n) is 1.23. The molecule has 0 fully saturated rings. The molecule has 0 aliphatic carbocycles. The number of rotatable bonds is 7. The second kappa shape index (κ2) is 6.72. The van der Waals surface area contributed by atoms with Gasteiger partial charge in [0.25, 0.3) is 0 Å². The Labute approximate surface area is 99.3 Å². The molecule has 0 saturated carbocycles. The molecule has 0 spiro atoms. The average Bonchev–Trinajstić information content (AvgIpc) is 2.29. The van der Waals surface area contributed by atoms with Gasteiger partial charge in [-0.1, -0.05) is 12.1 Å². The molecule has 6 nitrogen and oxygen atoms in total. The highest BCUT2D eigenvalue weighted by atomic mass is 16.6. The van der Waals surface area contributed by atoms with E-state index in [9.17, 15) is 9.90 Å². The van der Waals surface area contributed by atoms with Gasteiger partial charge in [-0.25, -0.2) is 0 Å². The maximum Gasteiger partial charge on any atom is 0.245 e. The van der Waals surface area contributed by atoms with E-state index in [-0.39, 0.29) is 18.9 Å². The molecule has 6 heteroatoms. The number of carbonyl (C=O) groups excluding carboxylic acids is 1. The lowest BCUT2D eigenvalue weighted by atomic mass is 10.2. The normalized spacial score (nSPS) is 10.2. The lowest BCUT2D eigenvalue weighted by Gasteiger charge is -2.10. The Hall–Kier alpha value is -1.79. The molecular weight excluding hydrogens is 224 g/mol. The minimum atomic E-state index is -0.565. The minimum Gasteiger partial charge on any atom is -0.504 e. The van der Waals surface area contributed by atoms with Crippen LogP contribution in [0.25, 0.3) is 0 Å². The summed E-state index contributed by atoms with van der Waals surface area (Å²) in [5, 5.41) is 9.82. The zero-order valence-electron chi connectivity index (χ0n) is 9.60. The smallest absolute Gasteiger partial charge is 0.245 e. The molecule has 0 radical (unpaired) electrons. The zero-order chi connectivity index (χ0) is 12.7. The second-order valence-corrected chi connectivity index (χ2v) is 3.27. The molecule has 0 aromatic heterocycles. The largest absolute Gasteiger partial charge is 0.504 e. The number of phenols is 1. The molecule has 94 valence electrons. The van der Waals surface area contributed by atoms with Gasteiger partial charge in [-0.15, -0.1) is 0 Å². The van der Waals surface area contributed by atoms with Gasteiger partial charge in [-0.05, 0) is 13.0 Å². The molecule has 1 aromatic carbocycles. The molecule has 0 heterocycles. The number of amides is 1. The molecule has 0 atom stereocenters. The Kier molecular flexibility index (Phi) is 5.25. The van der Waals surface area contributed by atoms with Gasteiger partial charge < -0.3 is 15.6 Å². The first-order valence-corrected chi connectivity index (χ1v) is 5.21. The summed E-state index contributed by atoms with van der Waals surface area (Å²) in [7, 11) is 0. The van der Waals surface area contributed by atoms with Gasteiger partial charge in [0, 0.05) is 12.1 Å². The maximum absolute atomic E-state index is 10.4. The number of hydrogen-bond donors (Lipinski definition) is 3. The van der Waals surface area contributed by atoms with Crippen molar-refractivity contribution in [3.63, 3.8) is 0 Å². The third-order valence-corrected chi connectivity index (χ3v) is 1.96. The molecular formula is C11H16N2O4. The summed E-state index contributed by atoms with van der Waals surface area (Å²) in [5.41, 5.74) is 8.03. The Balaban J connectivity index is 2.53. The molecule has 17 heavy (non-hydrogen) atoms. The van der Waals surface area contributed by atoms with Crippen LogP contribution >= 0.6 is 0 Å². The van der Waals surface area contributed by atoms with Gasteiger partial charge in [-0.2, -0.15) is 5.48 Å². The highest BCUT2D eigenvalue weighted by Crippen LogP contribution is 2.29. The van der Waals surface area contributed by atoms with E-state index < -0.39 is 5.91 Å². The van der Waals surface area contributed by atoms with Gasteiger partial charge in [0.2, 0.25) is 5.91 Å². The predicted molar refractivity (Wildman–Crippen MR) is 61.3 cm³/mol. The van der Waals surface area contributed by atoms with E-state index in [1.165, 1.54) is 0 Å². The van der Waals surface area contributed by atoms with Gasteiger partial charge in [-0.3, -0.25) is 9.63 Å². The van der Waals surface area contributed by atoms with Crippen LogP contribution in [0.3, 0.4) is 0 Å². The van der Waals surface area contributed by atoms with Gasteiger partial charge in [0.05, 0.1) is 6.61 Å². The molecule has 1 amide bonds. The van der Waals surface area contributed by atoms with Crippen molar-refractivity contribution in [1.82, 2.24) is 5.48 Å². The number of primary amides is 1. The van der Waals surface area contributed by atoms with Crippen molar-refractivity contribution in [2.75, 3.05) is 13.2 Å². The van der Waals surface area contributed by atoms with E-state index >= 15 is 0 Å². The Bertz CT molecular complexity index is 382. The number of benzene rings is 1. The summed E-state index contributed by atoms with van der Waals surface area (Å²) < 4.78 is 5.23. The summed E-state index contributed by atoms with van der Waals surface area (Å²) in [4.78, 5) is 15.2. The third kappa shape index (κ3) is 4.29. The van der Waals surface area contributed by atoms with Crippen LogP contribution in [0.5, 0.6) is 11.5 Å². The third-order valence-electron chi connectivity index (χ3n) is 1.96. The van der Waals surface area contributed by atoms with Crippen molar-refractivity contribution in [2.45, 2.75) is 13.5 Å². The number of hydroxylamine groups is 1. The van der Waals surface area contributed by atoms with Gasteiger partial charge in [0.1, 0.15) is 6.61 Å². The summed E-state index contributed by atoms with van der Waals surface area (Å²) >= 11 is 0. The number of aromatic hydroxyl groups is 1. The first-order chi connectivity index (χ1) is 8.15. The van der Waals surface area contributed by atoms with Gasteiger partial charge >= 0.3 is 0 Å². The van der Waals surface area contributed by atoms with Crippen molar-refractivity contribution in [3.8, 4) is 11.5 Å². The summed E-state index contributed by atoms with van der Waals surface area (Å²) in [6, 6.07) is 5.15. The topological polar surface area (TPSA) is 93.8 Å². The van der Waals surface area contributed by atoms with E-state index in [1.807, 2.05) is 6.92 Å². The van der Waals surface area contributed by atoms with Crippen LogP contribution in [0.4, 0.5) is 0 Å².